The summed E-state index contributed by atoms with van der Waals surface area (Å²) < 4.78 is 4.76. The molecule has 0 aromatic heterocycles. The first-order valence-corrected chi connectivity index (χ1v) is 3.40. The van der Waals surface area contributed by atoms with Crippen LogP contribution in [0.15, 0.2) is 12.2 Å². The average molecular weight is 139 g/mol. The second-order valence-electron chi connectivity index (χ2n) is 2.69. The fraction of sp³-hybridized carbons (Fsp3) is 0.571. The van der Waals surface area contributed by atoms with Gasteiger partial charge in [-0.15, -0.1) is 0 Å². The molecule has 2 aliphatic rings. The highest BCUT2D eigenvalue weighted by molar-refractivity contribution is 5.71. The maximum Gasteiger partial charge on any atom is 0.410 e. The number of hydrogen-bond donors (Lipinski definition) is 0. The summed E-state index contributed by atoms with van der Waals surface area (Å²) in [6, 6.07) is 0.301. The molecule has 1 saturated carbocycles. The van der Waals surface area contributed by atoms with Gasteiger partial charge < -0.3 is 4.74 Å². The summed E-state index contributed by atoms with van der Waals surface area (Å²) in [5.41, 5.74) is 1.15. The normalized spacial score (nSPS) is 30.8. The topological polar surface area (TPSA) is 29.5 Å². The first kappa shape index (κ1) is 5.77. The van der Waals surface area contributed by atoms with Crippen molar-refractivity contribution in [3.05, 3.63) is 12.2 Å². The molecule has 3 heteroatoms. The van der Waals surface area contributed by atoms with Crippen LogP contribution in [0.5, 0.6) is 0 Å². The monoisotopic (exact) mass is 139 g/mol. The highest BCUT2D eigenvalue weighted by Crippen LogP contribution is 2.34. The summed E-state index contributed by atoms with van der Waals surface area (Å²) in [5, 5.41) is 0. The number of nitrogens with zero attached hydrogens (tertiary/aromatic N) is 1. The van der Waals surface area contributed by atoms with E-state index in [0.717, 1.165) is 18.5 Å². The summed E-state index contributed by atoms with van der Waals surface area (Å²) >= 11 is 0. The zero-order chi connectivity index (χ0) is 7.14. The standard InChI is InChI=1S/C7H9NO2/c1-5-4-6(5)8-2-3-10-7(8)9/h6H,1-4H2. The van der Waals surface area contributed by atoms with E-state index < -0.39 is 0 Å². The van der Waals surface area contributed by atoms with E-state index in [1.165, 1.54) is 0 Å². The maximum atomic E-state index is 10.9. The summed E-state index contributed by atoms with van der Waals surface area (Å²) in [4.78, 5) is 12.6. The molecule has 10 heavy (non-hydrogen) atoms. The molecule has 2 rings (SSSR count). The van der Waals surface area contributed by atoms with Gasteiger partial charge in [0.15, 0.2) is 0 Å². The summed E-state index contributed by atoms with van der Waals surface area (Å²) in [6.07, 6.45) is 0.790. The molecule has 1 heterocycles. The number of carbonyl (C=O) groups excluding carboxylic acids is 1. The Labute approximate surface area is 59.3 Å². The van der Waals surface area contributed by atoms with Crippen LogP contribution in [-0.4, -0.2) is 30.2 Å². The van der Waals surface area contributed by atoms with Gasteiger partial charge in [-0.05, 0) is 6.42 Å². The summed E-state index contributed by atoms with van der Waals surface area (Å²) in [7, 11) is 0. The number of hydrogen-bond acceptors (Lipinski definition) is 2. The van der Waals surface area contributed by atoms with E-state index in [1.807, 2.05) is 0 Å². The molecule has 0 aromatic rings. The van der Waals surface area contributed by atoms with Crippen LogP contribution in [0.4, 0.5) is 4.79 Å². The molecule has 1 unspecified atom stereocenters. The predicted molar refractivity (Wildman–Crippen MR) is 35.6 cm³/mol. The maximum absolute atomic E-state index is 10.9. The molecule has 0 bridgehead atoms. The molecule has 1 saturated heterocycles. The third kappa shape index (κ3) is 0.701. The lowest BCUT2D eigenvalue weighted by Crippen LogP contribution is -2.26. The van der Waals surface area contributed by atoms with Crippen molar-refractivity contribution in [3.63, 3.8) is 0 Å². The van der Waals surface area contributed by atoms with Crippen molar-refractivity contribution in [2.75, 3.05) is 13.2 Å². The number of ether oxygens (including phenoxy) is 1. The van der Waals surface area contributed by atoms with Gasteiger partial charge in [0, 0.05) is 0 Å². The second-order valence-corrected chi connectivity index (χ2v) is 2.69. The lowest BCUT2D eigenvalue weighted by atomic mass is 10.5. The zero-order valence-electron chi connectivity index (χ0n) is 5.67. The first-order valence-electron chi connectivity index (χ1n) is 3.40. The third-order valence-corrected chi connectivity index (χ3v) is 1.94. The van der Waals surface area contributed by atoms with Crippen LogP contribution < -0.4 is 0 Å². The Morgan fingerprint density at radius 2 is 2.40 bits per heavy atom. The van der Waals surface area contributed by atoms with Gasteiger partial charge >= 0.3 is 6.09 Å². The van der Waals surface area contributed by atoms with Gasteiger partial charge in [-0.3, -0.25) is 4.90 Å². The molecule has 1 atom stereocenters. The van der Waals surface area contributed by atoms with Crippen LogP contribution in [0.3, 0.4) is 0 Å². The Bertz CT molecular complexity index is 200. The minimum absolute atomic E-state index is 0.177. The van der Waals surface area contributed by atoms with Gasteiger partial charge in [0.05, 0.1) is 12.6 Å². The molecule has 1 aliphatic heterocycles. The van der Waals surface area contributed by atoms with Gasteiger partial charge in [-0.1, -0.05) is 12.2 Å². The van der Waals surface area contributed by atoms with Crippen LogP contribution in [-0.2, 0) is 4.74 Å². The fourth-order valence-corrected chi connectivity index (χ4v) is 1.21. The molecule has 0 spiro atoms. The SMILES string of the molecule is C=C1CC1N1CCOC1=O. The van der Waals surface area contributed by atoms with Gasteiger partial charge in [-0.25, -0.2) is 4.79 Å². The second kappa shape index (κ2) is 1.75. The number of cyclic esters (lactones) is 1. The highest BCUT2D eigenvalue weighted by Gasteiger charge is 2.39. The fourth-order valence-electron chi connectivity index (χ4n) is 1.21. The molecule has 54 valence electrons. The molecule has 3 nitrogen and oxygen atoms in total. The molecule has 0 N–H and O–H groups in total. The van der Waals surface area contributed by atoms with Crippen LogP contribution in [0.25, 0.3) is 0 Å². The number of rotatable bonds is 1. The van der Waals surface area contributed by atoms with Crippen LogP contribution in [0.1, 0.15) is 6.42 Å². The van der Waals surface area contributed by atoms with Crippen molar-refractivity contribution in [2.24, 2.45) is 0 Å². The number of carbonyl (C=O) groups is 1. The van der Waals surface area contributed by atoms with E-state index in [-0.39, 0.29) is 6.09 Å². The molecule has 1 amide bonds. The third-order valence-electron chi connectivity index (χ3n) is 1.94. The van der Waals surface area contributed by atoms with Crippen molar-refractivity contribution in [3.8, 4) is 0 Å². The Morgan fingerprint density at radius 1 is 1.70 bits per heavy atom. The first-order chi connectivity index (χ1) is 4.79. The van der Waals surface area contributed by atoms with Crippen LogP contribution in [0, 0.1) is 0 Å². The Kier molecular flexibility index (Phi) is 1.01. The van der Waals surface area contributed by atoms with Crippen molar-refractivity contribution < 1.29 is 9.53 Å². The van der Waals surface area contributed by atoms with E-state index in [4.69, 9.17) is 4.74 Å². The molecule has 0 aromatic carbocycles. The minimum atomic E-state index is -0.177. The predicted octanol–water partition coefficient (Wildman–Crippen LogP) is 0.767. The smallest absolute Gasteiger partial charge is 0.410 e. The molecule has 1 aliphatic carbocycles. The Morgan fingerprint density at radius 3 is 2.80 bits per heavy atom. The zero-order valence-corrected chi connectivity index (χ0v) is 5.67. The van der Waals surface area contributed by atoms with E-state index in [0.29, 0.717) is 12.6 Å². The Hall–Kier alpha value is -0.990. The largest absolute Gasteiger partial charge is 0.448 e. The lowest BCUT2D eigenvalue weighted by Gasteiger charge is -2.08. The van der Waals surface area contributed by atoms with E-state index in [2.05, 4.69) is 6.58 Å². The van der Waals surface area contributed by atoms with E-state index in [1.54, 1.807) is 4.90 Å². The van der Waals surface area contributed by atoms with Crippen LogP contribution >= 0.6 is 0 Å². The van der Waals surface area contributed by atoms with Gasteiger partial charge in [0.1, 0.15) is 6.61 Å². The lowest BCUT2D eigenvalue weighted by molar-refractivity contribution is 0.158. The quantitative estimate of drug-likeness (QED) is 0.502. The molecule has 0 radical (unpaired) electrons. The van der Waals surface area contributed by atoms with Gasteiger partial charge in [-0.2, -0.15) is 0 Å². The molecular formula is C7H9NO2. The van der Waals surface area contributed by atoms with Crippen molar-refractivity contribution >= 4 is 6.09 Å². The summed E-state index contributed by atoms with van der Waals surface area (Å²) in [6.45, 7) is 5.06. The Balaban J connectivity index is 2.04. The van der Waals surface area contributed by atoms with Gasteiger partial charge in [0.25, 0.3) is 0 Å². The average Bonchev–Trinajstić information content (AvgIpc) is 2.42. The van der Waals surface area contributed by atoms with Gasteiger partial charge in [0.2, 0.25) is 0 Å². The summed E-state index contributed by atoms with van der Waals surface area (Å²) in [5.74, 6) is 0. The van der Waals surface area contributed by atoms with Crippen molar-refractivity contribution in [1.82, 2.24) is 4.90 Å². The van der Waals surface area contributed by atoms with E-state index >= 15 is 0 Å². The molecule has 2 fully saturated rings. The highest BCUT2D eigenvalue weighted by atomic mass is 16.6. The van der Waals surface area contributed by atoms with Crippen molar-refractivity contribution in [2.45, 2.75) is 12.5 Å². The van der Waals surface area contributed by atoms with E-state index in [9.17, 15) is 4.79 Å². The molecular weight excluding hydrogens is 130 g/mol. The van der Waals surface area contributed by atoms with Crippen molar-refractivity contribution in [1.29, 1.82) is 0 Å². The van der Waals surface area contributed by atoms with Crippen LogP contribution in [0.2, 0.25) is 0 Å². The minimum Gasteiger partial charge on any atom is -0.448 e. The number of amides is 1.